The third kappa shape index (κ3) is 7.32. The number of amides is 2. The van der Waals surface area contributed by atoms with Crippen LogP contribution in [0.5, 0.6) is 0 Å². The molecule has 0 saturated heterocycles. The molecule has 1 N–H and O–H groups in total. The Morgan fingerprint density at radius 3 is 2.10 bits per heavy atom. The van der Waals surface area contributed by atoms with Crippen molar-refractivity contribution in [3.63, 3.8) is 0 Å². The van der Waals surface area contributed by atoms with Gasteiger partial charge in [0.1, 0.15) is 12.6 Å². The number of para-hydroxylation sites is 1. The minimum absolute atomic E-state index is 0.0504. The highest BCUT2D eigenvalue weighted by Crippen LogP contribution is 2.29. The van der Waals surface area contributed by atoms with Crippen LogP contribution in [0.1, 0.15) is 37.8 Å². The number of hydrogen-bond acceptors (Lipinski definition) is 4. The van der Waals surface area contributed by atoms with E-state index in [1.807, 2.05) is 6.92 Å². The zero-order valence-corrected chi connectivity index (χ0v) is 24.6. The Balaban J connectivity index is 2.09. The van der Waals surface area contributed by atoms with Gasteiger partial charge in [-0.05, 0) is 55.7 Å². The van der Waals surface area contributed by atoms with E-state index in [0.717, 1.165) is 10.7 Å². The molecule has 0 heterocycles. The van der Waals surface area contributed by atoms with Crippen molar-refractivity contribution in [3.8, 4) is 0 Å². The molecule has 39 heavy (non-hydrogen) atoms. The summed E-state index contributed by atoms with van der Waals surface area (Å²) in [6.45, 7) is 5.36. The van der Waals surface area contributed by atoms with Gasteiger partial charge in [-0.3, -0.25) is 13.9 Å². The first-order valence-electron chi connectivity index (χ1n) is 12.7. The molecular formula is C29H33Cl2N3O4S. The molecule has 0 aliphatic rings. The number of anilines is 1. The van der Waals surface area contributed by atoms with Gasteiger partial charge in [0.2, 0.25) is 11.8 Å². The van der Waals surface area contributed by atoms with Crippen LogP contribution in [0.2, 0.25) is 10.0 Å². The first-order valence-corrected chi connectivity index (χ1v) is 14.9. The van der Waals surface area contributed by atoms with Crippen molar-refractivity contribution >= 4 is 50.7 Å². The number of nitrogens with one attached hydrogen (secondary N) is 1. The summed E-state index contributed by atoms with van der Waals surface area (Å²) in [6.07, 6.45) is 1.03. The second kappa shape index (κ2) is 13.8. The van der Waals surface area contributed by atoms with Gasteiger partial charge in [-0.25, -0.2) is 8.42 Å². The highest BCUT2D eigenvalue weighted by molar-refractivity contribution is 7.92. The summed E-state index contributed by atoms with van der Waals surface area (Å²) in [5.74, 6) is -0.892. The molecule has 3 aromatic rings. The van der Waals surface area contributed by atoms with Crippen molar-refractivity contribution in [1.82, 2.24) is 10.2 Å². The number of hydrogen-bond donors (Lipinski definition) is 1. The molecule has 7 nitrogen and oxygen atoms in total. The van der Waals surface area contributed by atoms with Gasteiger partial charge in [0.05, 0.1) is 10.6 Å². The number of carbonyl (C=O) groups excluding carboxylic acids is 2. The van der Waals surface area contributed by atoms with E-state index in [-0.39, 0.29) is 17.3 Å². The van der Waals surface area contributed by atoms with Crippen LogP contribution >= 0.6 is 23.2 Å². The summed E-state index contributed by atoms with van der Waals surface area (Å²) in [5, 5.41) is 3.54. The molecule has 0 aliphatic heterocycles. The maximum absolute atomic E-state index is 14.1. The molecule has 0 spiro atoms. The average Bonchev–Trinajstić information content (AvgIpc) is 2.92. The Morgan fingerprint density at radius 1 is 0.897 bits per heavy atom. The molecule has 2 amide bonds. The van der Waals surface area contributed by atoms with Crippen LogP contribution in [0.3, 0.4) is 0 Å². The predicted molar refractivity (Wildman–Crippen MR) is 157 cm³/mol. The molecule has 0 bridgehead atoms. The van der Waals surface area contributed by atoms with E-state index >= 15 is 0 Å². The van der Waals surface area contributed by atoms with Gasteiger partial charge in [-0.2, -0.15) is 0 Å². The quantitative estimate of drug-likeness (QED) is 0.288. The topological polar surface area (TPSA) is 86.8 Å². The Morgan fingerprint density at radius 2 is 1.51 bits per heavy atom. The highest BCUT2D eigenvalue weighted by Gasteiger charge is 2.34. The van der Waals surface area contributed by atoms with Crippen LogP contribution < -0.4 is 9.62 Å². The van der Waals surface area contributed by atoms with Crippen molar-refractivity contribution in [1.29, 1.82) is 0 Å². The largest absolute Gasteiger partial charge is 0.354 e. The number of nitrogens with zero attached hydrogens (tertiary/aromatic N) is 2. The van der Waals surface area contributed by atoms with E-state index in [1.165, 1.54) is 17.0 Å². The molecule has 0 radical (unpaired) electrons. The Bertz CT molecular complexity index is 1380. The fourth-order valence-corrected chi connectivity index (χ4v) is 6.23. The van der Waals surface area contributed by atoms with Gasteiger partial charge >= 0.3 is 0 Å². The van der Waals surface area contributed by atoms with Crippen LogP contribution in [-0.2, 0) is 26.2 Å². The van der Waals surface area contributed by atoms with Crippen molar-refractivity contribution in [2.24, 2.45) is 0 Å². The molecule has 3 rings (SSSR count). The molecule has 3 aromatic carbocycles. The third-order valence-electron chi connectivity index (χ3n) is 6.32. The number of benzene rings is 3. The molecule has 1 atom stereocenters. The molecule has 1 unspecified atom stereocenters. The maximum atomic E-state index is 14.1. The molecule has 0 aliphatic carbocycles. The predicted octanol–water partition coefficient (Wildman–Crippen LogP) is 5.83. The Kier molecular flexibility index (Phi) is 10.8. The minimum Gasteiger partial charge on any atom is -0.354 e. The van der Waals surface area contributed by atoms with E-state index in [2.05, 4.69) is 5.32 Å². The molecule has 0 fully saturated rings. The minimum atomic E-state index is -4.13. The molecular weight excluding hydrogens is 557 g/mol. The Labute approximate surface area is 240 Å². The van der Waals surface area contributed by atoms with Crippen LogP contribution in [0.4, 0.5) is 5.69 Å². The number of rotatable bonds is 12. The van der Waals surface area contributed by atoms with Gasteiger partial charge in [-0.15, -0.1) is 0 Å². The summed E-state index contributed by atoms with van der Waals surface area (Å²) >= 11 is 12.9. The SMILES string of the molecule is CCCNC(=O)C(CC)N(Cc1c(Cl)cccc1Cl)C(=O)CN(c1ccccc1C)S(=O)(=O)c1ccccc1. The molecule has 208 valence electrons. The van der Waals surface area contributed by atoms with Crippen molar-refractivity contribution < 1.29 is 18.0 Å². The standard InChI is InChI=1S/C29H33Cl2N3O4S/c1-4-18-32-29(36)26(5-2)33(19-23-24(30)15-11-16-25(23)31)28(35)20-34(27-17-10-9-12-21(27)3)39(37,38)22-13-7-6-8-14-22/h6-17,26H,4-5,18-20H2,1-3H3,(H,32,36). The smallest absolute Gasteiger partial charge is 0.264 e. The molecule has 0 saturated carbocycles. The normalized spacial score (nSPS) is 12.0. The van der Waals surface area contributed by atoms with Crippen molar-refractivity contribution in [2.45, 2.75) is 51.1 Å². The highest BCUT2D eigenvalue weighted by atomic mass is 35.5. The van der Waals surface area contributed by atoms with Crippen LogP contribution in [0, 0.1) is 6.92 Å². The maximum Gasteiger partial charge on any atom is 0.264 e. The summed E-state index contributed by atoms with van der Waals surface area (Å²) < 4.78 is 28.8. The summed E-state index contributed by atoms with van der Waals surface area (Å²) in [5.41, 5.74) is 1.52. The lowest BCUT2D eigenvalue weighted by Gasteiger charge is -2.34. The summed E-state index contributed by atoms with van der Waals surface area (Å²) in [7, 11) is -4.13. The van der Waals surface area contributed by atoms with Crippen molar-refractivity contribution in [2.75, 3.05) is 17.4 Å². The first kappa shape index (κ1) is 30.5. The van der Waals surface area contributed by atoms with E-state index < -0.39 is 28.5 Å². The number of sulfonamides is 1. The number of carbonyl (C=O) groups is 2. The van der Waals surface area contributed by atoms with Gasteiger partial charge in [-0.1, -0.05) is 79.5 Å². The Hall–Kier alpha value is -3.07. The zero-order valence-electron chi connectivity index (χ0n) is 22.2. The van der Waals surface area contributed by atoms with Gasteiger partial charge in [0.25, 0.3) is 10.0 Å². The summed E-state index contributed by atoms with van der Waals surface area (Å²) in [4.78, 5) is 28.7. The van der Waals surface area contributed by atoms with Gasteiger partial charge in [0.15, 0.2) is 0 Å². The number of halogens is 2. The fourth-order valence-electron chi connectivity index (χ4n) is 4.22. The first-order chi connectivity index (χ1) is 18.6. The lowest BCUT2D eigenvalue weighted by Crippen LogP contribution is -2.52. The van der Waals surface area contributed by atoms with E-state index in [0.29, 0.717) is 39.8 Å². The zero-order chi connectivity index (χ0) is 28.6. The fraction of sp³-hybridized carbons (Fsp3) is 0.310. The third-order valence-corrected chi connectivity index (χ3v) is 8.80. The lowest BCUT2D eigenvalue weighted by molar-refractivity contribution is -0.140. The van der Waals surface area contributed by atoms with Crippen molar-refractivity contribution in [3.05, 3.63) is 94.0 Å². The average molecular weight is 591 g/mol. The molecule has 10 heteroatoms. The van der Waals surface area contributed by atoms with E-state index in [1.54, 1.807) is 74.5 Å². The van der Waals surface area contributed by atoms with E-state index in [9.17, 15) is 18.0 Å². The number of aryl methyl sites for hydroxylation is 1. The second-order valence-corrected chi connectivity index (χ2v) is 11.7. The second-order valence-electron chi connectivity index (χ2n) is 9.05. The molecule has 0 aromatic heterocycles. The van der Waals surface area contributed by atoms with Crippen LogP contribution in [0.25, 0.3) is 0 Å². The van der Waals surface area contributed by atoms with E-state index in [4.69, 9.17) is 23.2 Å². The monoisotopic (exact) mass is 589 g/mol. The van der Waals surface area contributed by atoms with Crippen LogP contribution in [0.15, 0.2) is 77.7 Å². The lowest BCUT2D eigenvalue weighted by atomic mass is 10.1. The van der Waals surface area contributed by atoms with Gasteiger partial charge in [0, 0.05) is 28.7 Å². The van der Waals surface area contributed by atoms with Gasteiger partial charge < -0.3 is 10.2 Å². The van der Waals surface area contributed by atoms with Crippen LogP contribution in [-0.4, -0.2) is 44.3 Å². The summed E-state index contributed by atoms with van der Waals surface area (Å²) in [6, 6.07) is 19.0.